The molecule has 0 spiro atoms. The molecule has 0 saturated heterocycles. The second-order valence-electron chi connectivity index (χ2n) is 7.28. The Morgan fingerprint density at radius 3 is 2.41 bits per heavy atom. The monoisotopic (exact) mass is 480 g/mol. The quantitative estimate of drug-likeness (QED) is 0.428. The fourth-order valence-corrected chi connectivity index (χ4v) is 3.54. The second kappa shape index (κ2) is 13.2. The number of methoxy groups -OCH3 is 1. The molecule has 2 rings (SSSR count). The summed E-state index contributed by atoms with van der Waals surface area (Å²) < 4.78 is 11.0. The third-order valence-electron chi connectivity index (χ3n) is 4.97. The number of benzene rings is 2. The van der Waals surface area contributed by atoms with E-state index in [-0.39, 0.29) is 25.0 Å². The molecule has 1 N–H and O–H groups in total. The lowest BCUT2D eigenvalue weighted by atomic mass is 10.1. The molecule has 6 nitrogen and oxygen atoms in total. The SMILES string of the molecule is CCCCNC(=O)[C@H](CC)N(Cc1ccc(Cl)c(Cl)c1)C(=O)COc1ccccc1OC. The molecule has 2 aromatic rings. The summed E-state index contributed by atoms with van der Waals surface area (Å²) in [5.74, 6) is 0.477. The first kappa shape index (κ1) is 25.8. The summed E-state index contributed by atoms with van der Waals surface area (Å²) in [5, 5.41) is 3.75. The molecule has 32 heavy (non-hydrogen) atoms. The first-order valence-electron chi connectivity index (χ1n) is 10.7. The third kappa shape index (κ3) is 7.31. The number of amides is 2. The lowest BCUT2D eigenvalue weighted by molar-refractivity contribution is -0.143. The van der Waals surface area contributed by atoms with Gasteiger partial charge >= 0.3 is 0 Å². The standard InChI is InChI=1S/C24H30Cl2N2O4/c1-4-6-13-27-24(30)20(5-2)28(15-17-11-12-18(25)19(26)14-17)23(29)16-32-22-10-8-7-9-21(22)31-3/h7-12,14,20H,4-6,13,15-16H2,1-3H3,(H,27,30)/t20-/m0/s1. The van der Waals surface area contributed by atoms with E-state index in [4.69, 9.17) is 32.7 Å². The highest BCUT2D eigenvalue weighted by molar-refractivity contribution is 6.42. The van der Waals surface area contributed by atoms with Crippen molar-refractivity contribution in [1.29, 1.82) is 0 Å². The fourth-order valence-electron chi connectivity index (χ4n) is 3.22. The molecule has 0 aliphatic rings. The first-order chi connectivity index (χ1) is 15.4. The molecule has 0 heterocycles. The van der Waals surface area contributed by atoms with Crippen molar-refractivity contribution in [3.8, 4) is 11.5 Å². The minimum absolute atomic E-state index is 0.188. The maximum absolute atomic E-state index is 13.2. The Morgan fingerprint density at radius 2 is 1.78 bits per heavy atom. The third-order valence-corrected chi connectivity index (χ3v) is 5.71. The topological polar surface area (TPSA) is 67.9 Å². The summed E-state index contributed by atoms with van der Waals surface area (Å²) in [7, 11) is 1.54. The van der Waals surface area contributed by atoms with E-state index in [2.05, 4.69) is 12.2 Å². The van der Waals surface area contributed by atoms with Gasteiger partial charge in [0.15, 0.2) is 18.1 Å². The Labute approximate surface area is 199 Å². The minimum atomic E-state index is -0.643. The van der Waals surface area contributed by atoms with Crippen LogP contribution in [-0.2, 0) is 16.1 Å². The number of nitrogens with one attached hydrogen (secondary N) is 1. The van der Waals surface area contributed by atoms with Crippen LogP contribution in [0.4, 0.5) is 0 Å². The van der Waals surface area contributed by atoms with Gasteiger partial charge in [-0.2, -0.15) is 0 Å². The summed E-state index contributed by atoms with van der Waals surface area (Å²) in [6.45, 7) is 4.46. The van der Waals surface area contributed by atoms with E-state index in [0.29, 0.717) is 34.5 Å². The summed E-state index contributed by atoms with van der Waals surface area (Å²) >= 11 is 12.2. The van der Waals surface area contributed by atoms with Crippen molar-refractivity contribution in [2.45, 2.75) is 45.7 Å². The smallest absolute Gasteiger partial charge is 0.261 e. The summed E-state index contributed by atoms with van der Waals surface area (Å²) in [4.78, 5) is 27.6. The highest BCUT2D eigenvalue weighted by Gasteiger charge is 2.29. The highest BCUT2D eigenvalue weighted by Crippen LogP contribution is 2.27. The zero-order valence-corrected chi connectivity index (χ0v) is 20.2. The Hall–Kier alpha value is -2.44. The van der Waals surface area contributed by atoms with Crippen LogP contribution in [-0.4, -0.2) is 43.0 Å². The zero-order valence-electron chi connectivity index (χ0n) is 18.7. The number of nitrogens with zero attached hydrogens (tertiary/aromatic N) is 1. The molecule has 0 unspecified atom stereocenters. The Kier molecular flexibility index (Phi) is 10.6. The van der Waals surface area contributed by atoms with E-state index in [1.807, 2.05) is 13.0 Å². The molecule has 174 valence electrons. The predicted molar refractivity (Wildman–Crippen MR) is 127 cm³/mol. The molecule has 8 heteroatoms. The predicted octanol–water partition coefficient (Wildman–Crippen LogP) is 5.10. The van der Waals surface area contributed by atoms with E-state index in [0.717, 1.165) is 18.4 Å². The molecule has 1 atom stereocenters. The van der Waals surface area contributed by atoms with Crippen LogP contribution in [0.15, 0.2) is 42.5 Å². The molecule has 0 aromatic heterocycles. The normalized spacial score (nSPS) is 11.5. The van der Waals surface area contributed by atoms with Crippen molar-refractivity contribution in [1.82, 2.24) is 10.2 Å². The van der Waals surface area contributed by atoms with Gasteiger partial charge in [0, 0.05) is 13.1 Å². The number of carbonyl (C=O) groups excluding carboxylic acids is 2. The molecule has 0 aliphatic carbocycles. The second-order valence-corrected chi connectivity index (χ2v) is 8.09. The van der Waals surface area contributed by atoms with Crippen molar-refractivity contribution in [2.24, 2.45) is 0 Å². The first-order valence-corrected chi connectivity index (χ1v) is 11.4. The van der Waals surface area contributed by atoms with Crippen molar-refractivity contribution in [3.63, 3.8) is 0 Å². The lowest BCUT2D eigenvalue weighted by Gasteiger charge is -2.30. The molecule has 0 radical (unpaired) electrons. The molecule has 0 aliphatic heterocycles. The Bertz CT molecular complexity index is 907. The van der Waals surface area contributed by atoms with Crippen LogP contribution >= 0.6 is 23.2 Å². The largest absolute Gasteiger partial charge is 0.493 e. The maximum Gasteiger partial charge on any atom is 0.261 e. The van der Waals surface area contributed by atoms with Crippen LogP contribution in [0.25, 0.3) is 0 Å². The number of hydrogen-bond acceptors (Lipinski definition) is 4. The molecular formula is C24H30Cl2N2O4. The van der Waals surface area contributed by atoms with Crippen LogP contribution in [0.1, 0.15) is 38.7 Å². The van der Waals surface area contributed by atoms with Crippen molar-refractivity contribution in [2.75, 3.05) is 20.3 Å². The number of hydrogen-bond donors (Lipinski definition) is 1. The number of para-hydroxylation sites is 2. The number of rotatable bonds is 12. The van der Waals surface area contributed by atoms with Gasteiger partial charge in [0.1, 0.15) is 6.04 Å². The van der Waals surface area contributed by atoms with Gasteiger partial charge in [-0.25, -0.2) is 0 Å². The van der Waals surface area contributed by atoms with Gasteiger partial charge in [0.05, 0.1) is 17.2 Å². The van der Waals surface area contributed by atoms with Crippen molar-refractivity contribution >= 4 is 35.0 Å². The lowest BCUT2D eigenvalue weighted by Crippen LogP contribution is -2.50. The average Bonchev–Trinajstić information content (AvgIpc) is 2.80. The van der Waals surface area contributed by atoms with E-state index in [9.17, 15) is 9.59 Å². The summed E-state index contributed by atoms with van der Waals surface area (Å²) in [6, 6.07) is 11.6. The molecular weight excluding hydrogens is 451 g/mol. The maximum atomic E-state index is 13.2. The molecule has 2 aromatic carbocycles. The van der Waals surface area contributed by atoms with Crippen molar-refractivity contribution < 1.29 is 19.1 Å². The number of halogens is 2. The van der Waals surface area contributed by atoms with Gasteiger partial charge < -0.3 is 19.7 Å². The van der Waals surface area contributed by atoms with E-state index < -0.39 is 6.04 Å². The zero-order chi connectivity index (χ0) is 23.5. The van der Waals surface area contributed by atoms with Gasteiger partial charge in [0.25, 0.3) is 5.91 Å². The van der Waals surface area contributed by atoms with Gasteiger partial charge in [-0.1, -0.05) is 61.7 Å². The van der Waals surface area contributed by atoms with Crippen LogP contribution in [0.5, 0.6) is 11.5 Å². The Balaban J connectivity index is 2.23. The van der Waals surface area contributed by atoms with Crippen LogP contribution in [0.2, 0.25) is 10.0 Å². The number of ether oxygens (including phenoxy) is 2. The number of carbonyl (C=O) groups is 2. The summed E-state index contributed by atoms with van der Waals surface area (Å²) in [6.07, 6.45) is 2.30. The molecule has 0 fully saturated rings. The van der Waals surface area contributed by atoms with Crippen LogP contribution in [0, 0.1) is 0 Å². The van der Waals surface area contributed by atoms with E-state index in [1.54, 1.807) is 36.4 Å². The number of unbranched alkanes of at least 4 members (excludes halogenated alkanes) is 1. The Morgan fingerprint density at radius 1 is 1.06 bits per heavy atom. The van der Waals surface area contributed by atoms with Crippen molar-refractivity contribution in [3.05, 3.63) is 58.1 Å². The van der Waals surface area contributed by atoms with Gasteiger partial charge in [0.2, 0.25) is 5.91 Å². The fraction of sp³-hybridized carbons (Fsp3) is 0.417. The molecule has 2 amide bonds. The van der Waals surface area contributed by atoms with Gasteiger partial charge in [-0.15, -0.1) is 0 Å². The minimum Gasteiger partial charge on any atom is -0.493 e. The van der Waals surface area contributed by atoms with Crippen LogP contribution in [0.3, 0.4) is 0 Å². The molecule has 0 saturated carbocycles. The molecule has 0 bridgehead atoms. The van der Waals surface area contributed by atoms with Crippen LogP contribution < -0.4 is 14.8 Å². The van der Waals surface area contributed by atoms with Gasteiger partial charge in [-0.3, -0.25) is 9.59 Å². The summed E-state index contributed by atoms with van der Waals surface area (Å²) in [5.41, 5.74) is 0.768. The van der Waals surface area contributed by atoms with Gasteiger partial charge in [-0.05, 0) is 42.7 Å². The van der Waals surface area contributed by atoms with E-state index in [1.165, 1.54) is 12.0 Å². The van der Waals surface area contributed by atoms with E-state index >= 15 is 0 Å². The highest BCUT2D eigenvalue weighted by atomic mass is 35.5. The average molecular weight is 481 g/mol.